The molecular formula is C15H15NO4. The number of aromatic hydroxyl groups is 1. The van der Waals surface area contributed by atoms with E-state index in [1.54, 1.807) is 24.3 Å². The first-order valence-corrected chi connectivity index (χ1v) is 6.19. The number of benzene rings is 2. The van der Waals surface area contributed by atoms with Crippen LogP contribution in [0.3, 0.4) is 0 Å². The van der Waals surface area contributed by atoms with Gasteiger partial charge in [-0.3, -0.25) is 9.59 Å². The number of esters is 1. The second kappa shape index (κ2) is 6.06. The summed E-state index contributed by atoms with van der Waals surface area (Å²) < 4.78 is 4.48. The van der Waals surface area contributed by atoms with Crippen molar-refractivity contribution in [1.82, 2.24) is 5.32 Å². The van der Waals surface area contributed by atoms with Crippen molar-refractivity contribution in [1.29, 1.82) is 0 Å². The van der Waals surface area contributed by atoms with Crippen molar-refractivity contribution in [3.63, 3.8) is 0 Å². The van der Waals surface area contributed by atoms with Gasteiger partial charge in [0.25, 0.3) is 5.91 Å². The summed E-state index contributed by atoms with van der Waals surface area (Å²) in [4.78, 5) is 22.9. The molecule has 5 heteroatoms. The van der Waals surface area contributed by atoms with Gasteiger partial charge in [0.15, 0.2) is 0 Å². The number of carbonyl (C=O) groups is 2. The number of amides is 1. The molecule has 0 saturated heterocycles. The minimum Gasteiger partial charge on any atom is -0.506 e. The molecule has 0 atom stereocenters. The lowest BCUT2D eigenvalue weighted by Crippen LogP contribution is -2.26. The lowest BCUT2D eigenvalue weighted by Gasteiger charge is -2.08. The SMILES string of the molecule is COC(=O)CCNC(=O)c1ccc2ccccc2c1O. The van der Waals surface area contributed by atoms with Gasteiger partial charge in [-0.15, -0.1) is 0 Å². The van der Waals surface area contributed by atoms with Crippen molar-refractivity contribution in [3.8, 4) is 5.75 Å². The van der Waals surface area contributed by atoms with Gasteiger partial charge in [-0.25, -0.2) is 0 Å². The normalized spacial score (nSPS) is 10.2. The molecule has 0 radical (unpaired) electrons. The third-order valence-electron chi connectivity index (χ3n) is 2.99. The molecule has 0 spiro atoms. The number of hydrogen-bond donors (Lipinski definition) is 2. The molecule has 2 aromatic rings. The number of methoxy groups -OCH3 is 1. The molecule has 0 saturated carbocycles. The number of rotatable bonds is 4. The minimum atomic E-state index is -0.419. The quantitative estimate of drug-likeness (QED) is 0.833. The fraction of sp³-hybridized carbons (Fsp3) is 0.200. The van der Waals surface area contributed by atoms with Crippen LogP contribution in [-0.4, -0.2) is 30.6 Å². The number of ether oxygens (including phenoxy) is 1. The van der Waals surface area contributed by atoms with Crippen molar-refractivity contribution in [3.05, 3.63) is 42.0 Å². The Balaban J connectivity index is 2.14. The smallest absolute Gasteiger partial charge is 0.307 e. The average molecular weight is 273 g/mol. The molecular weight excluding hydrogens is 258 g/mol. The molecule has 5 nitrogen and oxygen atoms in total. The van der Waals surface area contributed by atoms with Crippen molar-refractivity contribution < 1.29 is 19.4 Å². The van der Waals surface area contributed by atoms with Crippen LogP contribution < -0.4 is 5.32 Å². The van der Waals surface area contributed by atoms with Gasteiger partial charge in [-0.2, -0.15) is 0 Å². The minimum absolute atomic E-state index is 0.0568. The van der Waals surface area contributed by atoms with Gasteiger partial charge in [0, 0.05) is 11.9 Å². The maximum absolute atomic E-state index is 12.0. The van der Waals surface area contributed by atoms with Gasteiger partial charge < -0.3 is 15.2 Å². The van der Waals surface area contributed by atoms with E-state index in [9.17, 15) is 14.7 Å². The molecule has 0 bridgehead atoms. The van der Waals surface area contributed by atoms with Crippen LogP contribution in [0.15, 0.2) is 36.4 Å². The average Bonchev–Trinajstić information content (AvgIpc) is 2.47. The van der Waals surface area contributed by atoms with Crippen LogP contribution in [0.5, 0.6) is 5.75 Å². The molecule has 0 aliphatic heterocycles. The summed E-state index contributed by atoms with van der Waals surface area (Å²) in [6.45, 7) is 0.164. The number of fused-ring (bicyclic) bond motifs is 1. The zero-order valence-corrected chi connectivity index (χ0v) is 11.1. The summed E-state index contributed by atoms with van der Waals surface area (Å²) in [7, 11) is 1.29. The lowest BCUT2D eigenvalue weighted by molar-refractivity contribution is -0.140. The summed E-state index contributed by atoms with van der Waals surface area (Å²) in [6.07, 6.45) is 0.0938. The van der Waals surface area contributed by atoms with Crippen LogP contribution in [-0.2, 0) is 9.53 Å². The number of hydrogen-bond acceptors (Lipinski definition) is 4. The van der Waals surface area contributed by atoms with Gasteiger partial charge in [-0.1, -0.05) is 30.3 Å². The molecule has 2 rings (SSSR count). The van der Waals surface area contributed by atoms with Crippen molar-refractivity contribution in [2.75, 3.05) is 13.7 Å². The molecule has 1 amide bonds. The Kier molecular flexibility index (Phi) is 4.20. The Morgan fingerprint density at radius 1 is 1.20 bits per heavy atom. The molecule has 20 heavy (non-hydrogen) atoms. The third kappa shape index (κ3) is 2.88. The van der Waals surface area contributed by atoms with E-state index in [0.717, 1.165) is 5.39 Å². The zero-order valence-electron chi connectivity index (χ0n) is 11.1. The molecule has 0 aliphatic rings. The van der Waals surface area contributed by atoms with Crippen molar-refractivity contribution in [2.24, 2.45) is 0 Å². The summed E-state index contributed by atoms with van der Waals surface area (Å²) >= 11 is 0. The van der Waals surface area contributed by atoms with Gasteiger partial charge in [-0.05, 0) is 11.5 Å². The third-order valence-corrected chi connectivity index (χ3v) is 2.99. The van der Waals surface area contributed by atoms with E-state index in [1.807, 2.05) is 12.1 Å². The Bertz CT molecular complexity index is 651. The van der Waals surface area contributed by atoms with E-state index in [0.29, 0.717) is 5.39 Å². The summed E-state index contributed by atoms with van der Waals surface area (Å²) in [6, 6.07) is 10.6. The Labute approximate surface area is 116 Å². The molecule has 0 aromatic heterocycles. The van der Waals surface area contributed by atoms with Crippen molar-refractivity contribution >= 4 is 22.6 Å². The second-order valence-electron chi connectivity index (χ2n) is 4.26. The summed E-state index contributed by atoms with van der Waals surface area (Å²) in [5, 5.41) is 14.2. The molecule has 104 valence electrons. The van der Waals surface area contributed by atoms with Crippen LogP contribution in [0.25, 0.3) is 10.8 Å². The molecule has 2 aromatic carbocycles. The first kappa shape index (κ1) is 13.9. The highest BCUT2D eigenvalue weighted by atomic mass is 16.5. The van der Waals surface area contributed by atoms with Gasteiger partial charge in [0.05, 0.1) is 19.1 Å². The standard InChI is InChI=1S/C15H15NO4/c1-20-13(17)8-9-16-15(19)12-7-6-10-4-2-3-5-11(10)14(12)18/h2-7,18H,8-9H2,1H3,(H,16,19). The summed E-state index contributed by atoms with van der Waals surface area (Å²) in [5.41, 5.74) is 0.188. The topological polar surface area (TPSA) is 75.6 Å². The van der Waals surface area contributed by atoms with E-state index in [2.05, 4.69) is 10.1 Å². The van der Waals surface area contributed by atoms with Gasteiger partial charge >= 0.3 is 5.97 Å². The first-order valence-electron chi connectivity index (χ1n) is 6.19. The Morgan fingerprint density at radius 2 is 1.95 bits per heavy atom. The highest BCUT2D eigenvalue weighted by Gasteiger charge is 2.13. The predicted molar refractivity (Wildman–Crippen MR) is 74.6 cm³/mol. The molecule has 0 fully saturated rings. The van der Waals surface area contributed by atoms with E-state index in [1.165, 1.54) is 7.11 Å². The van der Waals surface area contributed by atoms with Gasteiger partial charge in [0.2, 0.25) is 0 Å². The second-order valence-corrected chi connectivity index (χ2v) is 4.26. The van der Waals surface area contributed by atoms with Crippen molar-refractivity contribution in [2.45, 2.75) is 6.42 Å². The zero-order chi connectivity index (χ0) is 14.5. The van der Waals surface area contributed by atoms with Crippen LogP contribution in [0.1, 0.15) is 16.8 Å². The number of phenolic OH excluding ortho intramolecular Hbond substituents is 1. The van der Waals surface area contributed by atoms with E-state index in [4.69, 9.17) is 0 Å². The van der Waals surface area contributed by atoms with E-state index < -0.39 is 11.9 Å². The summed E-state index contributed by atoms with van der Waals surface area (Å²) in [5.74, 6) is -0.871. The number of phenols is 1. The molecule has 0 unspecified atom stereocenters. The number of carbonyl (C=O) groups excluding carboxylic acids is 2. The Hall–Kier alpha value is -2.56. The van der Waals surface area contributed by atoms with Gasteiger partial charge in [0.1, 0.15) is 5.75 Å². The largest absolute Gasteiger partial charge is 0.506 e. The lowest BCUT2D eigenvalue weighted by atomic mass is 10.0. The predicted octanol–water partition coefficient (Wildman–Crippen LogP) is 1.84. The van der Waals surface area contributed by atoms with Crippen LogP contribution in [0.2, 0.25) is 0 Å². The van der Waals surface area contributed by atoms with Crippen LogP contribution >= 0.6 is 0 Å². The first-order chi connectivity index (χ1) is 9.63. The van der Waals surface area contributed by atoms with E-state index >= 15 is 0 Å². The highest BCUT2D eigenvalue weighted by Crippen LogP contribution is 2.28. The highest BCUT2D eigenvalue weighted by molar-refractivity contribution is 6.03. The fourth-order valence-electron chi connectivity index (χ4n) is 1.91. The number of nitrogens with one attached hydrogen (secondary N) is 1. The van der Waals surface area contributed by atoms with Crippen LogP contribution in [0.4, 0.5) is 0 Å². The monoisotopic (exact) mass is 273 g/mol. The molecule has 0 heterocycles. The Morgan fingerprint density at radius 3 is 2.70 bits per heavy atom. The fourth-order valence-corrected chi connectivity index (χ4v) is 1.91. The maximum Gasteiger partial charge on any atom is 0.307 e. The van der Waals surface area contributed by atoms with E-state index in [-0.39, 0.29) is 24.3 Å². The van der Waals surface area contributed by atoms with Crippen LogP contribution in [0, 0.1) is 0 Å². The maximum atomic E-state index is 12.0. The molecule has 0 aliphatic carbocycles. The molecule has 2 N–H and O–H groups in total.